The zero-order valence-corrected chi connectivity index (χ0v) is 18.4. The molecular formula is C20H20F6N2O2S2. The molecule has 0 spiro atoms. The van der Waals surface area contributed by atoms with Crippen LogP contribution in [0.2, 0.25) is 0 Å². The predicted molar refractivity (Wildman–Crippen MR) is 110 cm³/mol. The van der Waals surface area contributed by atoms with Gasteiger partial charge in [0.05, 0.1) is 17.4 Å². The molecule has 1 aliphatic heterocycles. The Morgan fingerprint density at radius 1 is 0.969 bits per heavy atom. The summed E-state index contributed by atoms with van der Waals surface area (Å²) < 4.78 is 104. The second kappa shape index (κ2) is 9.14. The molecule has 1 heterocycles. The van der Waals surface area contributed by atoms with Gasteiger partial charge in [0, 0.05) is 34.6 Å². The number of nitrogens with one attached hydrogen (secondary N) is 1. The molecule has 0 radical (unpaired) electrons. The van der Waals surface area contributed by atoms with Gasteiger partial charge in [-0.2, -0.15) is 26.3 Å². The molecule has 176 valence electrons. The molecule has 0 unspecified atom stereocenters. The molecule has 32 heavy (non-hydrogen) atoms. The fraction of sp³-hybridized carbons (Fsp3) is 0.400. The van der Waals surface area contributed by atoms with Gasteiger partial charge in [-0.3, -0.25) is 0 Å². The van der Waals surface area contributed by atoms with E-state index in [-0.39, 0.29) is 6.04 Å². The zero-order chi connectivity index (χ0) is 23.7. The minimum absolute atomic E-state index is 0.0347. The first-order valence-corrected chi connectivity index (χ1v) is 12.2. The van der Waals surface area contributed by atoms with E-state index in [1.54, 1.807) is 18.2 Å². The van der Waals surface area contributed by atoms with Crippen LogP contribution < -0.4 is 5.32 Å². The van der Waals surface area contributed by atoms with Gasteiger partial charge in [-0.15, -0.1) is 0 Å². The number of alkyl halides is 6. The molecule has 1 aliphatic rings. The van der Waals surface area contributed by atoms with E-state index in [0.717, 1.165) is 18.4 Å². The van der Waals surface area contributed by atoms with Gasteiger partial charge in [0.15, 0.2) is 0 Å². The topological polar surface area (TPSA) is 49.4 Å². The van der Waals surface area contributed by atoms with Crippen LogP contribution in [0.15, 0.2) is 52.3 Å². The van der Waals surface area contributed by atoms with Crippen LogP contribution in [0.4, 0.5) is 32.0 Å². The highest BCUT2D eigenvalue weighted by molar-refractivity contribution is 7.99. The summed E-state index contributed by atoms with van der Waals surface area (Å²) in [5, 5.41) is 3.22. The van der Waals surface area contributed by atoms with Crippen molar-refractivity contribution in [1.29, 1.82) is 0 Å². The lowest BCUT2D eigenvalue weighted by Crippen LogP contribution is -2.41. The molecule has 0 amide bonds. The maximum atomic E-state index is 13.5. The number of rotatable bonds is 5. The average Bonchev–Trinajstić information content (AvgIpc) is 2.66. The summed E-state index contributed by atoms with van der Waals surface area (Å²) in [6, 6.07) is 8.74. The number of hydrogen-bond acceptors (Lipinski definition) is 4. The Morgan fingerprint density at radius 3 is 2.16 bits per heavy atom. The van der Waals surface area contributed by atoms with E-state index in [0.29, 0.717) is 54.3 Å². The second-order valence-electron chi connectivity index (χ2n) is 7.38. The molecule has 0 bridgehead atoms. The van der Waals surface area contributed by atoms with E-state index in [4.69, 9.17) is 0 Å². The van der Waals surface area contributed by atoms with Gasteiger partial charge in [0.2, 0.25) is 10.0 Å². The predicted octanol–water partition coefficient (Wildman–Crippen LogP) is 5.71. The zero-order valence-electron chi connectivity index (χ0n) is 16.8. The quantitative estimate of drug-likeness (QED) is 0.537. The van der Waals surface area contributed by atoms with Crippen LogP contribution in [-0.4, -0.2) is 38.1 Å². The number of anilines is 1. The van der Waals surface area contributed by atoms with Crippen LogP contribution in [0.3, 0.4) is 0 Å². The molecule has 1 fully saturated rings. The minimum Gasteiger partial charge on any atom is -0.382 e. The summed E-state index contributed by atoms with van der Waals surface area (Å²) in [6.45, 7) is 0.703. The van der Waals surface area contributed by atoms with E-state index < -0.39 is 38.4 Å². The summed E-state index contributed by atoms with van der Waals surface area (Å²) in [5.74, 6) is 0. The van der Waals surface area contributed by atoms with Gasteiger partial charge in [0.25, 0.3) is 0 Å². The molecule has 1 saturated heterocycles. The molecule has 0 saturated carbocycles. The number of hydrogen-bond donors (Lipinski definition) is 1. The summed E-state index contributed by atoms with van der Waals surface area (Å²) in [7, 11) is -3.26. The molecule has 2 aromatic rings. The summed E-state index contributed by atoms with van der Waals surface area (Å²) in [4.78, 5) is -0.195. The van der Waals surface area contributed by atoms with Crippen molar-refractivity contribution in [1.82, 2.24) is 4.31 Å². The summed E-state index contributed by atoms with van der Waals surface area (Å²) in [5.41, 5.74) is -2.83. The normalized spacial score (nSPS) is 16.8. The molecule has 12 heteroatoms. The van der Waals surface area contributed by atoms with Crippen molar-refractivity contribution in [2.75, 3.05) is 24.7 Å². The van der Waals surface area contributed by atoms with Crippen LogP contribution in [0.5, 0.6) is 0 Å². The molecule has 2 aromatic carbocycles. The monoisotopic (exact) mass is 498 g/mol. The first-order chi connectivity index (χ1) is 14.7. The summed E-state index contributed by atoms with van der Waals surface area (Å²) >= 11 is 0.604. The Labute approximate surface area is 186 Å². The Hall–Kier alpha value is -1.92. The molecular weight excluding hydrogens is 478 g/mol. The van der Waals surface area contributed by atoms with Crippen LogP contribution in [0.25, 0.3) is 0 Å². The fourth-order valence-electron chi connectivity index (χ4n) is 3.49. The van der Waals surface area contributed by atoms with Gasteiger partial charge in [-0.05, 0) is 43.2 Å². The van der Waals surface area contributed by atoms with Gasteiger partial charge in [-0.25, -0.2) is 12.7 Å². The van der Waals surface area contributed by atoms with Crippen LogP contribution in [-0.2, 0) is 22.4 Å². The van der Waals surface area contributed by atoms with E-state index >= 15 is 0 Å². The number of halogens is 6. The minimum atomic E-state index is -5.17. The van der Waals surface area contributed by atoms with E-state index in [1.807, 2.05) is 0 Å². The van der Waals surface area contributed by atoms with Crippen LogP contribution >= 0.6 is 11.8 Å². The van der Waals surface area contributed by atoms with Crippen molar-refractivity contribution >= 4 is 27.5 Å². The first kappa shape index (κ1) is 24.7. The average molecular weight is 499 g/mol. The van der Waals surface area contributed by atoms with E-state index in [9.17, 15) is 34.8 Å². The smallest absolute Gasteiger partial charge is 0.382 e. The molecule has 0 aromatic heterocycles. The first-order valence-electron chi connectivity index (χ1n) is 9.52. The third-order valence-electron chi connectivity index (χ3n) is 4.97. The molecule has 3 rings (SSSR count). The molecule has 1 N–H and O–H groups in total. The lowest BCUT2D eigenvalue weighted by molar-refractivity contribution is -0.163. The third kappa shape index (κ3) is 6.10. The highest BCUT2D eigenvalue weighted by atomic mass is 32.2. The lowest BCUT2D eigenvalue weighted by atomic mass is 10.1. The van der Waals surface area contributed by atoms with Crippen LogP contribution in [0, 0.1) is 0 Å². The van der Waals surface area contributed by atoms with Crippen molar-refractivity contribution in [3.63, 3.8) is 0 Å². The van der Waals surface area contributed by atoms with E-state index in [2.05, 4.69) is 5.32 Å². The highest BCUT2D eigenvalue weighted by Gasteiger charge is 2.44. The summed E-state index contributed by atoms with van der Waals surface area (Å²) in [6.07, 6.45) is -8.05. The second-order valence-corrected chi connectivity index (χ2v) is 10.5. The van der Waals surface area contributed by atoms with Gasteiger partial charge in [0.1, 0.15) is 0 Å². The number of piperidine rings is 1. The van der Waals surface area contributed by atoms with Gasteiger partial charge < -0.3 is 5.32 Å². The Kier molecular flexibility index (Phi) is 7.06. The van der Waals surface area contributed by atoms with Crippen molar-refractivity contribution < 1.29 is 34.8 Å². The van der Waals surface area contributed by atoms with Crippen molar-refractivity contribution in [2.45, 2.75) is 41.0 Å². The molecule has 4 nitrogen and oxygen atoms in total. The standard InChI is InChI=1S/C20H20F6N2O2S2/c1-32(29,30)28-10-8-13(9-11-28)27-14-4-2-5-15(12-14)31-17-7-3-6-16(19(21,22)23)18(17)20(24,25)26/h2-7,12-13,27H,8-11H2,1H3. The lowest BCUT2D eigenvalue weighted by Gasteiger charge is -2.31. The van der Waals surface area contributed by atoms with Crippen molar-refractivity contribution in [2.24, 2.45) is 0 Å². The molecule has 0 aliphatic carbocycles. The number of sulfonamides is 1. The van der Waals surface area contributed by atoms with Gasteiger partial charge >= 0.3 is 12.4 Å². The van der Waals surface area contributed by atoms with Gasteiger partial charge in [-0.1, -0.05) is 23.9 Å². The maximum absolute atomic E-state index is 13.5. The Bertz CT molecular complexity index is 1060. The Morgan fingerprint density at radius 2 is 1.59 bits per heavy atom. The largest absolute Gasteiger partial charge is 0.418 e. The number of nitrogens with zero attached hydrogens (tertiary/aromatic N) is 1. The number of benzene rings is 2. The highest BCUT2D eigenvalue weighted by Crippen LogP contribution is 2.46. The van der Waals surface area contributed by atoms with Crippen molar-refractivity contribution in [3.8, 4) is 0 Å². The maximum Gasteiger partial charge on any atom is 0.418 e. The third-order valence-corrected chi connectivity index (χ3v) is 7.32. The fourth-order valence-corrected chi connectivity index (χ4v) is 5.42. The van der Waals surface area contributed by atoms with E-state index in [1.165, 1.54) is 10.4 Å². The Balaban J connectivity index is 1.79. The SMILES string of the molecule is CS(=O)(=O)N1CCC(Nc2cccc(Sc3cccc(C(F)(F)F)c3C(F)(F)F)c2)CC1. The van der Waals surface area contributed by atoms with Crippen molar-refractivity contribution in [3.05, 3.63) is 53.6 Å². The molecule has 0 atom stereocenters. The van der Waals surface area contributed by atoms with Crippen LogP contribution in [0.1, 0.15) is 24.0 Å².